The molecule has 0 radical (unpaired) electrons. The van der Waals surface area contributed by atoms with Crippen LogP contribution in [0.15, 0.2) is 42.5 Å². The molecule has 0 fully saturated rings. The van der Waals surface area contributed by atoms with Crippen molar-refractivity contribution in [1.82, 2.24) is 4.90 Å². The summed E-state index contributed by atoms with van der Waals surface area (Å²) in [5.41, 5.74) is 2.55. The van der Waals surface area contributed by atoms with Gasteiger partial charge in [0.05, 0.1) is 18.6 Å². The number of hydrogen-bond donors (Lipinski definition) is 1. The summed E-state index contributed by atoms with van der Waals surface area (Å²) in [5.74, 6) is -0.469. The quantitative estimate of drug-likeness (QED) is 0.524. The van der Waals surface area contributed by atoms with E-state index >= 15 is 0 Å². The zero-order valence-corrected chi connectivity index (χ0v) is 19.4. The molecule has 0 unspecified atom stereocenters. The molecule has 0 spiro atoms. The molecule has 2 aromatic carbocycles. The van der Waals surface area contributed by atoms with Crippen molar-refractivity contribution in [1.29, 1.82) is 0 Å². The van der Waals surface area contributed by atoms with Crippen LogP contribution in [0.25, 0.3) is 10.8 Å². The van der Waals surface area contributed by atoms with Crippen LogP contribution in [0.1, 0.15) is 40.2 Å². The predicted octanol–water partition coefficient (Wildman–Crippen LogP) is 5.06. The second-order valence-corrected chi connectivity index (χ2v) is 8.52. The zero-order chi connectivity index (χ0) is 21.1. The fourth-order valence-electron chi connectivity index (χ4n) is 4.02. The summed E-state index contributed by atoms with van der Waals surface area (Å²) in [5, 5.41) is 5.81. The lowest BCUT2D eigenvalue weighted by molar-refractivity contribution is -0.115. The molecule has 0 saturated carbocycles. The van der Waals surface area contributed by atoms with E-state index < -0.39 is 0 Å². The van der Waals surface area contributed by atoms with Crippen LogP contribution in [0.2, 0.25) is 0 Å². The van der Waals surface area contributed by atoms with Gasteiger partial charge in [-0.3, -0.25) is 9.69 Å². The summed E-state index contributed by atoms with van der Waals surface area (Å²) in [6.45, 7) is 6.94. The van der Waals surface area contributed by atoms with Crippen molar-refractivity contribution in [2.75, 3.05) is 25.0 Å². The number of nitrogens with zero attached hydrogens (tertiary/aromatic N) is 1. The Labute approximate surface area is 192 Å². The summed E-state index contributed by atoms with van der Waals surface area (Å²) in [7, 11) is 0. The van der Waals surface area contributed by atoms with Crippen LogP contribution in [0.5, 0.6) is 0 Å². The van der Waals surface area contributed by atoms with Gasteiger partial charge < -0.3 is 10.1 Å². The van der Waals surface area contributed by atoms with Gasteiger partial charge in [-0.2, -0.15) is 0 Å². The van der Waals surface area contributed by atoms with Gasteiger partial charge in [-0.1, -0.05) is 49.4 Å². The minimum Gasteiger partial charge on any atom is -0.462 e. The number of carbonyl (C=O) groups is 2. The van der Waals surface area contributed by atoms with Gasteiger partial charge >= 0.3 is 5.97 Å². The van der Waals surface area contributed by atoms with Gasteiger partial charge in [0, 0.05) is 18.0 Å². The fourth-order valence-corrected chi connectivity index (χ4v) is 5.32. The van der Waals surface area contributed by atoms with Crippen LogP contribution in [-0.2, 0) is 28.9 Å². The first-order chi connectivity index (χ1) is 14.6. The van der Waals surface area contributed by atoms with E-state index in [1.807, 2.05) is 42.5 Å². The van der Waals surface area contributed by atoms with Crippen molar-refractivity contribution >= 4 is 51.4 Å². The molecule has 5 nitrogen and oxygen atoms in total. The maximum atomic E-state index is 12.9. The van der Waals surface area contributed by atoms with Crippen LogP contribution >= 0.6 is 23.7 Å². The lowest BCUT2D eigenvalue weighted by Gasteiger charge is -2.25. The molecule has 2 heterocycles. The van der Waals surface area contributed by atoms with Crippen molar-refractivity contribution in [2.24, 2.45) is 0 Å². The van der Waals surface area contributed by atoms with Crippen LogP contribution in [-0.4, -0.2) is 36.5 Å². The Morgan fingerprint density at radius 1 is 1.13 bits per heavy atom. The molecule has 1 aliphatic heterocycles. The summed E-state index contributed by atoms with van der Waals surface area (Å²) in [6.07, 6.45) is 1.06. The fraction of sp³-hybridized carbons (Fsp3) is 0.333. The van der Waals surface area contributed by atoms with Crippen LogP contribution in [0.3, 0.4) is 0 Å². The lowest BCUT2D eigenvalue weighted by Crippen LogP contribution is -2.30. The van der Waals surface area contributed by atoms with Crippen molar-refractivity contribution in [2.45, 2.75) is 33.2 Å². The van der Waals surface area contributed by atoms with E-state index in [0.29, 0.717) is 17.2 Å². The number of amides is 1. The number of ether oxygens (including phenoxy) is 1. The molecule has 0 saturated heterocycles. The number of esters is 1. The molecular formula is C24H27ClN2O3S. The van der Waals surface area contributed by atoms with Gasteiger partial charge in [0.2, 0.25) is 5.91 Å². The van der Waals surface area contributed by atoms with Crippen molar-refractivity contribution in [3.8, 4) is 0 Å². The molecule has 31 heavy (non-hydrogen) atoms. The first kappa shape index (κ1) is 23.3. The number of fused-ring (bicyclic) bond motifs is 2. The van der Waals surface area contributed by atoms with Gasteiger partial charge in [-0.05, 0) is 41.8 Å². The van der Waals surface area contributed by atoms with Crippen LogP contribution in [0, 0.1) is 0 Å². The number of thiophene rings is 1. The minimum absolute atomic E-state index is 0. The number of halogens is 1. The Morgan fingerprint density at radius 3 is 2.68 bits per heavy atom. The van der Waals surface area contributed by atoms with E-state index in [0.717, 1.165) is 52.8 Å². The van der Waals surface area contributed by atoms with Crippen LogP contribution in [0.4, 0.5) is 5.00 Å². The van der Waals surface area contributed by atoms with Crippen LogP contribution < -0.4 is 5.32 Å². The average Bonchev–Trinajstić information content (AvgIpc) is 3.10. The Hall–Kier alpha value is -2.41. The van der Waals surface area contributed by atoms with E-state index in [1.165, 1.54) is 11.3 Å². The summed E-state index contributed by atoms with van der Waals surface area (Å²) >= 11 is 1.50. The molecule has 0 atom stereocenters. The number of hydrogen-bond acceptors (Lipinski definition) is 5. The van der Waals surface area contributed by atoms with E-state index in [9.17, 15) is 9.59 Å². The van der Waals surface area contributed by atoms with Gasteiger partial charge in [-0.25, -0.2) is 4.79 Å². The lowest BCUT2D eigenvalue weighted by atomic mass is 10.0. The highest BCUT2D eigenvalue weighted by molar-refractivity contribution is 7.17. The normalized spacial score (nSPS) is 13.4. The highest BCUT2D eigenvalue weighted by Crippen LogP contribution is 2.37. The number of anilines is 1. The molecule has 1 amide bonds. The molecule has 1 aromatic heterocycles. The molecular weight excluding hydrogens is 432 g/mol. The Balaban J connectivity index is 0.00000272. The standard InChI is InChI=1S/C24H26N2O3S.ClH/c1-3-26-13-12-19-20(15-26)30-23(22(19)24(28)29-4-2)25-21(27)14-17-10-7-9-16-8-5-6-11-18(16)17;/h5-11H,3-4,12-15H2,1-2H3,(H,25,27);1H. The van der Waals surface area contributed by atoms with E-state index in [-0.39, 0.29) is 30.7 Å². The number of rotatable bonds is 6. The highest BCUT2D eigenvalue weighted by Gasteiger charge is 2.29. The van der Waals surface area contributed by atoms with Crippen molar-refractivity contribution in [3.05, 3.63) is 64.0 Å². The Bertz CT molecular complexity index is 1090. The third kappa shape index (κ3) is 4.92. The summed E-state index contributed by atoms with van der Waals surface area (Å²) < 4.78 is 5.31. The SMILES string of the molecule is CCOC(=O)c1c(NC(=O)Cc2cccc3ccccc23)sc2c1CCN(CC)C2.Cl. The Kier molecular flexibility index (Phi) is 7.70. The third-order valence-corrected chi connectivity index (χ3v) is 6.68. The second kappa shape index (κ2) is 10.3. The predicted molar refractivity (Wildman–Crippen MR) is 128 cm³/mol. The first-order valence-electron chi connectivity index (χ1n) is 10.4. The van der Waals surface area contributed by atoms with Gasteiger partial charge in [0.25, 0.3) is 0 Å². The average molecular weight is 459 g/mol. The van der Waals surface area contributed by atoms with Crippen molar-refractivity contribution in [3.63, 3.8) is 0 Å². The highest BCUT2D eigenvalue weighted by atomic mass is 35.5. The largest absolute Gasteiger partial charge is 0.462 e. The topological polar surface area (TPSA) is 58.6 Å². The van der Waals surface area contributed by atoms with Gasteiger partial charge in [-0.15, -0.1) is 23.7 Å². The van der Waals surface area contributed by atoms with Gasteiger partial charge in [0.1, 0.15) is 5.00 Å². The molecule has 4 rings (SSSR count). The maximum Gasteiger partial charge on any atom is 0.341 e. The molecule has 164 valence electrons. The van der Waals surface area contributed by atoms with E-state index in [4.69, 9.17) is 4.74 Å². The number of nitrogens with one attached hydrogen (secondary N) is 1. The van der Waals surface area contributed by atoms with E-state index in [1.54, 1.807) is 6.92 Å². The third-order valence-electron chi connectivity index (χ3n) is 5.55. The first-order valence-corrected chi connectivity index (χ1v) is 11.2. The van der Waals surface area contributed by atoms with Gasteiger partial charge in [0.15, 0.2) is 0 Å². The molecule has 3 aromatic rings. The molecule has 0 bridgehead atoms. The minimum atomic E-state index is -0.347. The van der Waals surface area contributed by atoms with Crippen molar-refractivity contribution < 1.29 is 14.3 Å². The molecule has 7 heteroatoms. The zero-order valence-electron chi connectivity index (χ0n) is 17.8. The summed E-state index contributed by atoms with van der Waals surface area (Å²) in [6, 6.07) is 14.0. The second-order valence-electron chi connectivity index (χ2n) is 7.41. The smallest absolute Gasteiger partial charge is 0.341 e. The summed E-state index contributed by atoms with van der Waals surface area (Å²) in [4.78, 5) is 29.1. The number of carbonyl (C=O) groups excluding carboxylic acids is 2. The molecule has 1 aliphatic rings. The van der Waals surface area contributed by atoms with E-state index in [2.05, 4.69) is 17.1 Å². The monoisotopic (exact) mass is 458 g/mol. The number of likely N-dealkylation sites (N-methyl/N-ethyl adjacent to an activating group) is 1. The molecule has 1 N–H and O–H groups in total. The molecule has 0 aliphatic carbocycles. The Morgan fingerprint density at radius 2 is 1.90 bits per heavy atom. The maximum absolute atomic E-state index is 12.9. The number of benzene rings is 2.